The maximum Gasteiger partial charge on any atom is 0.238 e. The molecule has 7 heteroatoms. The Labute approximate surface area is 120 Å². The van der Waals surface area contributed by atoms with Gasteiger partial charge in [0.2, 0.25) is 10.0 Å². The smallest absolute Gasteiger partial charge is 0.238 e. The van der Waals surface area contributed by atoms with Crippen LogP contribution >= 0.6 is 27.7 Å². The number of hydrogen-bond donors (Lipinski definition) is 2. The maximum absolute atomic E-state index is 11.2. The van der Waals surface area contributed by atoms with Crippen molar-refractivity contribution in [2.45, 2.75) is 29.5 Å². The summed E-state index contributed by atoms with van der Waals surface area (Å²) in [7, 11) is -3.64. The van der Waals surface area contributed by atoms with Crippen molar-refractivity contribution in [1.29, 1.82) is 0 Å². The molecule has 0 amide bonds. The van der Waals surface area contributed by atoms with Crippen LogP contribution < -0.4 is 10.5 Å². The molecule has 1 saturated heterocycles. The third kappa shape index (κ3) is 3.20. The molecule has 1 heterocycles. The normalized spacial score (nSPS) is 24.2. The third-order valence-electron chi connectivity index (χ3n) is 2.99. The molecule has 0 spiro atoms. The van der Waals surface area contributed by atoms with Gasteiger partial charge in [0.15, 0.2) is 0 Å². The summed E-state index contributed by atoms with van der Waals surface area (Å²) in [6.07, 6.45) is 1.12. The van der Waals surface area contributed by atoms with Crippen molar-refractivity contribution in [2.24, 2.45) is 5.14 Å². The molecule has 100 valence electrons. The summed E-state index contributed by atoms with van der Waals surface area (Å²) in [5.74, 6) is 1.16. The lowest BCUT2D eigenvalue weighted by Gasteiger charge is -2.19. The molecule has 2 atom stereocenters. The molecule has 0 aromatic heterocycles. The number of primary sulfonamides is 1. The van der Waals surface area contributed by atoms with Crippen LogP contribution in [0.4, 0.5) is 5.69 Å². The lowest BCUT2D eigenvalue weighted by atomic mass is 10.1. The molecule has 1 aliphatic heterocycles. The number of benzene rings is 1. The molecule has 2 rings (SSSR count). The molecule has 4 nitrogen and oxygen atoms in total. The van der Waals surface area contributed by atoms with Gasteiger partial charge in [-0.25, -0.2) is 13.6 Å². The van der Waals surface area contributed by atoms with E-state index in [2.05, 4.69) is 28.2 Å². The van der Waals surface area contributed by atoms with Crippen molar-refractivity contribution >= 4 is 43.4 Å². The summed E-state index contributed by atoms with van der Waals surface area (Å²) in [4.78, 5) is 0.119. The van der Waals surface area contributed by atoms with Crippen LogP contribution in [0.15, 0.2) is 27.6 Å². The number of sulfonamides is 1. The molecule has 1 aliphatic rings. The van der Waals surface area contributed by atoms with E-state index in [9.17, 15) is 8.42 Å². The molecular formula is C11H15BrN2O2S2. The quantitative estimate of drug-likeness (QED) is 0.877. The van der Waals surface area contributed by atoms with Gasteiger partial charge in [-0.2, -0.15) is 11.8 Å². The van der Waals surface area contributed by atoms with E-state index >= 15 is 0 Å². The van der Waals surface area contributed by atoms with Crippen LogP contribution in [-0.4, -0.2) is 25.5 Å². The SMILES string of the molecule is CC1SCCC1Nc1ccc(S(N)(=O)=O)cc1Br. The van der Waals surface area contributed by atoms with E-state index in [1.807, 2.05) is 11.8 Å². The minimum atomic E-state index is -3.64. The fraction of sp³-hybridized carbons (Fsp3) is 0.455. The van der Waals surface area contributed by atoms with Gasteiger partial charge in [-0.1, -0.05) is 6.92 Å². The molecule has 3 N–H and O–H groups in total. The highest BCUT2D eigenvalue weighted by Crippen LogP contribution is 2.32. The van der Waals surface area contributed by atoms with Crippen LogP contribution in [0, 0.1) is 0 Å². The Kier molecular flexibility index (Phi) is 4.25. The molecule has 1 aromatic carbocycles. The number of hydrogen-bond acceptors (Lipinski definition) is 4. The molecule has 0 aliphatic carbocycles. The van der Waals surface area contributed by atoms with E-state index in [1.165, 1.54) is 12.1 Å². The van der Waals surface area contributed by atoms with Crippen molar-refractivity contribution in [2.75, 3.05) is 11.1 Å². The predicted octanol–water partition coefficient (Wildman–Crippen LogP) is 2.40. The fourth-order valence-electron chi connectivity index (χ4n) is 1.91. The van der Waals surface area contributed by atoms with Crippen molar-refractivity contribution in [3.05, 3.63) is 22.7 Å². The second-order valence-corrected chi connectivity index (χ2v) is 8.20. The topological polar surface area (TPSA) is 72.2 Å². The van der Waals surface area contributed by atoms with Gasteiger partial charge in [-0.15, -0.1) is 0 Å². The van der Waals surface area contributed by atoms with Crippen LogP contribution in [0.2, 0.25) is 0 Å². The summed E-state index contributed by atoms with van der Waals surface area (Å²) in [6.45, 7) is 2.20. The number of rotatable bonds is 3. The average Bonchev–Trinajstić information content (AvgIpc) is 2.66. The van der Waals surface area contributed by atoms with Gasteiger partial charge in [0.25, 0.3) is 0 Å². The summed E-state index contributed by atoms with van der Waals surface area (Å²) in [5, 5.41) is 9.09. The van der Waals surface area contributed by atoms with Gasteiger partial charge in [-0.05, 0) is 46.3 Å². The second-order valence-electron chi connectivity index (χ2n) is 4.30. The van der Waals surface area contributed by atoms with E-state index in [-0.39, 0.29) is 4.90 Å². The monoisotopic (exact) mass is 350 g/mol. The number of anilines is 1. The number of nitrogens with one attached hydrogen (secondary N) is 1. The molecule has 0 radical (unpaired) electrons. The Morgan fingerprint density at radius 1 is 1.50 bits per heavy atom. The van der Waals surface area contributed by atoms with Crippen LogP contribution in [-0.2, 0) is 10.0 Å². The third-order valence-corrected chi connectivity index (χ3v) is 5.88. The Morgan fingerprint density at radius 3 is 2.72 bits per heavy atom. The number of thioether (sulfide) groups is 1. The largest absolute Gasteiger partial charge is 0.380 e. The van der Waals surface area contributed by atoms with Crippen molar-refractivity contribution in [3.8, 4) is 0 Å². The van der Waals surface area contributed by atoms with Gasteiger partial charge >= 0.3 is 0 Å². The highest BCUT2D eigenvalue weighted by molar-refractivity contribution is 9.10. The molecule has 1 aromatic rings. The molecule has 1 fully saturated rings. The Hall–Kier alpha value is -0.240. The van der Waals surface area contributed by atoms with Crippen molar-refractivity contribution < 1.29 is 8.42 Å². The molecule has 18 heavy (non-hydrogen) atoms. The summed E-state index contributed by atoms with van der Waals surface area (Å²) in [6, 6.07) is 5.23. The van der Waals surface area contributed by atoms with Crippen LogP contribution in [0.1, 0.15) is 13.3 Å². The zero-order valence-corrected chi connectivity index (χ0v) is 13.1. The minimum Gasteiger partial charge on any atom is -0.380 e. The van der Waals surface area contributed by atoms with Crippen LogP contribution in [0.3, 0.4) is 0 Å². The standard InChI is InChI=1S/C11H15BrN2O2S2/c1-7-10(4-5-17-7)14-11-3-2-8(6-9(11)12)18(13,15)16/h2-3,6-7,10,14H,4-5H2,1H3,(H2,13,15,16). The summed E-state index contributed by atoms with van der Waals surface area (Å²) in [5.41, 5.74) is 0.904. The van der Waals surface area contributed by atoms with Crippen LogP contribution in [0.5, 0.6) is 0 Å². The number of nitrogens with two attached hydrogens (primary N) is 1. The van der Waals surface area contributed by atoms with E-state index in [4.69, 9.17) is 5.14 Å². The average molecular weight is 351 g/mol. The zero-order chi connectivity index (χ0) is 13.3. The van der Waals surface area contributed by atoms with Gasteiger partial charge < -0.3 is 5.32 Å². The summed E-state index contributed by atoms with van der Waals surface area (Å²) < 4.78 is 23.2. The van der Waals surface area contributed by atoms with Gasteiger partial charge in [0, 0.05) is 21.5 Å². The fourth-order valence-corrected chi connectivity index (χ4v) is 4.29. The zero-order valence-electron chi connectivity index (χ0n) is 9.89. The molecule has 2 unspecified atom stereocenters. The van der Waals surface area contributed by atoms with E-state index < -0.39 is 10.0 Å². The van der Waals surface area contributed by atoms with Crippen molar-refractivity contribution in [1.82, 2.24) is 0 Å². The first-order valence-electron chi connectivity index (χ1n) is 5.58. The lowest BCUT2D eigenvalue weighted by molar-refractivity contribution is 0.598. The Bertz CT molecular complexity index is 548. The van der Waals surface area contributed by atoms with E-state index in [0.717, 1.165) is 22.3 Å². The first kappa shape index (κ1) is 14.2. The van der Waals surface area contributed by atoms with E-state index in [0.29, 0.717) is 11.3 Å². The Morgan fingerprint density at radius 2 is 2.22 bits per heavy atom. The van der Waals surface area contributed by atoms with Gasteiger partial charge in [-0.3, -0.25) is 0 Å². The van der Waals surface area contributed by atoms with Crippen molar-refractivity contribution in [3.63, 3.8) is 0 Å². The minimum absolute atomic E-state index is 0.119. The summed E-state index contributed by atoms with van der Waals surface area (Å²) >= 11 is 5.32. The van der Waals surface area contributed by atoms with E-state index in [1.54, 1.807) is 6.07 Å². The predicted molar refractivity (Wildman–Crippen MR) is 79.5 cm³/mol. The second kappa shape index (κ2) is 5.40. The molecule has 0 saturated carbocycles. The molecular weight excluding hydrogens is 336 g/mol. The Balaban J connectivity index is 2.20. The lowest BCUT2D eigenvalue weighted by Crippen LogP contribution is -2.25. The van der Waals surface area contributed by atoms with Crippen LogP contribution in [0.25, 0.3) is 0 Å². The van der Waals surface area contributed by atoms with Gasteiger partial charge in [0.05, 0.1) is 4.90 Å². The number of halogens is 1. The maximum atomic E-state index is 11.2. The van der Waals surface area contributed by atoms with Gasteiger partial charge in [0.1, 0.15) is 0 Å². The first-order chi connectivity index (χ1) is 8.38. The highest BCUT2D eigenvalue weighted by Gasteiger charge is 2.24. The highest BCUT2D eigenvalue weighted by atomic mass is 79.9. The molecule has 0 bridgehead atoms. The first-order valence-corrected chi connectivity index (χ1v) is 8.97.